The Hall–Kier alpha value is -2.40. The molecule has 0 radical (unpaired) electrons. The Morgan fingerprint density at radius 1 is 1.09 bits per heavy atom. The monoisotopic (exact) mass is 331 g/mol. The van der Waals surface area contributed by atoms with Crippen molar-refractivity contribution in [1.29, 1.82) is 0 Å². The zero-order valence-electron chi connectivity index (χ0n) is 13.2. The first-order valence-electron chi connectivity index (χ1n) is 7.25. The average Bonchev–Trinajstić information content (AvgIpc) is 2.47. The van der Waals surface area contributed by atoms with Gasteiger partial charge in [-0.15, -0.1) is 0 Å². The second kappa shape index (κ2) is 7.24. The van der Waals surface area contributed by atoms with Crippen molar-refractivity contribution in [2.24, 2.45) is 0 Å². The summed E-state index contributed by atoms with van der Waals surface area (Å²) >= 11 is 6.12. The third-order valence-corrected chi connectivity index (χ3v) is 3.59. The van der Waals surface area contributed by atoms with E-state index in [4.69, 9.17) is 11.6 Å². The highest BCUT2D eigenvalue weighted by molar-refractivity contribution is 6.34. The molecule has 0 aliphatic rings. The van der Waals surface area contributed by atoms with Gasteiger partial charge in [0.2, 0.25) is 0 Å². The normalized spacial score (nSPS) is 10.3. The van der Waals surface area contributed by atoms with E-state index < -0.39 is 0 Å². The third kappa shape index (κ3) is 4.07. The van der Waals surface area contributed by atoms with E-state index in [1.165, 1.54) is 0 Å². The van der Waals surface area contributed by atoms with Crippen LogP contribution in [-0.4, -0.2) is 23.3 Å². The van der Waals surface area contributed by atoms with E-state index >= 15 is 0 Å². The molecule has 1 aromatic carbocycles. The zero-order chi connectivity index (χ0) is 17.0. The number of hydrogen-bond donors (Lipinski definition) is 2. The lowest BCUT2D eigenvalue weighted by Crippen LogP contribution is -2.23. The second-order valence-corrected chi connectivity index (χ2v) is 5.50. The first-order chi connectivity index (χ1) is 10.9. The summed E-state index contributed by atoms with van der Waals surface area (Å²) in [7, 11) is 0. The molecule has 2 amide bonds. The topological polar surface area (TPSA) is 71.1 Å². The number of aryl methyl sites for hydroxylation is 2. The summed E-state index contributed by atoms with van der Waals surface area (Å²) in [4.78, 5) is 28.4. The van der Waals surface area contributed by atoms with Crippen molar-refractivity contribution in [3.8, 4) is 0 Å². The molecule has 0 saturated heterocycles. The molecule has 0 atom stereocenters. The van der Waals surface area contributed by atoms with Gasteiger partial charge in [-0.3, -0.25) is 14.6 Å². The Morgan fingerprint density at radius 3 is 2.39 bits per heavy atom. The number of carbonyl (C=O) groups is 2. The van der Waals surface area contributed by atoms with Gasteiger partial charge in [-0.25, -0.2) is 0 Å². The maximum Gasteiger partial charge on any atom is 0.257 e. The number of amides is 2. The number of benzene rings is 1. The lowest BCUT2D eigenvalue weighted by Gasteiger charge is -2.10. The third-order valence-electron chi connectivity index (χ3n) is 3.28. The van der Waals surface area contributed by atoms with Crippen LogP contribution in [-0.2, 0) is 0 Å². The average molecular weight is 332 g/mol. The molecule has 0 unspecified atom stereocenters. The predicted octanol–water partition coefficient (Wildman–Crippen LogP) is 3.35. The fourth-order valence-corrected chi connectivity index (χ4v) is 2.42. The molecule has 0 aliphatic carbocycles. The fraction of sp³-hybridized carbons (Fsp3) is 0.235. The quantitative estimate of drug-likeness (QED) is 0.902. The molecule has 0 bridgehead atoms. The molecule has 0 saturated carbocycles. The second-order valence-electron chi connectivity index (χ2n) is 5.09. The summed E-state index contributed by atoms with van der Waals surface area (Å²) < 4.78 is 0. The van der Waals surface area contributed by atoms with Gasteiger partial charge in [-0.05, 0) is 51.1 Å². The number of carbonyl (C=O) groups excluding carboxylic acids is 2. The Labute approximate surface area is 140 Å². The summed E-state index contributed by atoms with van der Waals surface area (Å²) in [6.07, 6.45) is 0. The SMILES string of the molecule is CCNC(=O)c1ccc(NC(=O)c2ccc(C)nc2C)cc1Cl. The van der Waals surface area contributed by atoms with Crippen molar-refractivity contribution in [1.82, 2.24) is 10.3 Å². The smallest absolute Gasteiger partial charge is 0.257 e. The van der Waals surface area contributed by atoms with Gasteiger partial charge < -0.3 is 10.6 Å². The van der Waals surface area contributed by atoms with Crippen LogP contribution in [0.1, 0.15) is 39.0 Å². The van der Waals surface area contributed by atoms with Gasteiger partial charge in [-0.1, -0.05) is 11.6 Å². The number of anilines is 1. The zero-order valence-corrected chi connectivity index (χ0v) is 14.0. The van der Waals surface area contributed by atoms with Crippen LogP contribution in [0.2, 0.25) is 5.02 Å². The van der Waals surface area contributed by atoms with Crippen molar-refractivity contribution >= 4 is 29.1 Å². The van der Waals surface area contributed by atoms with Crippen LogP contribution in [0.5, 0.6) is 0 Å². The Bertz CT molecular complexity index is 759. The summed E-state index contributed by atoms with van der Waals surface area (Å²) in [5.41, 5.74) is 2.91. The molecule has 23 heavy (non-hydrogen) atoms. The summed E-state index contributed by atoms with van der Waals surface area (Å²) in [6.45, 7) is 6.01. The first kappa shape index (κ1) is 17.0. The van der Waals surface area contributed by atoms with E-state index in [0.29, 0.717) is 29.1 Å². The van der Waals surface area contributed by atoms with Crippen molar-refractivity contribution < 1.29 is 9.59 Å². The summed E-state index contributed by atoms with van der Waals surface area (Å²) in [5, 5.41) is 5.73. The molecule has 120 valence electrons. The molecule has 2 aromatic rings. The van der Waals surface area contributed by atoms with Crippen molar-refractivity contribution in [3.05, 3.63) is 57.9 Å². The van der Waals surface area contributed by atoms with Gasteiger partial charge in [0, 0.05) is 17.9 Å². The number of pyridine rings is 1. The van der Waals surface area contributed by atoms with Gasteiger partial charge in [0.15, 0.2) is 0 Å². The summed E-state index contributed by atoms with van der Waals surface area (Å²) in [6, 6.07) is 8.31. The number of rotatable bonds is 4. The molecule has 1 aromatic heterocycles. The van der Waals surface area contributed by atoms with E-state index in [9.17, 15) is 9.59 Å². The van der Waals surface area contributed by atoms with Crippen LogP contribution in [0.15, 0.2) is 30.3 Å². The highest BCUT2D eigenvalue weighted by Gasteiger charge is 2.13. The predicted molar refractivity (Wildman–Crippen MR) is 91.1 cm³/mol. The number of nitrogens with zero attached hydrogens (tertiary/aromatic N) is 1. The van der Waals surface area contributed by atoms with Crippen LogP contribution in [0, 0.1) is 13.8 Å². The van der Waals surface area contributed by atoms with Gasteiger partial charge in [0.25, 0.3) is 11.8 Å². The molecule has 2 rings (SSSR count). The highest BCUT2D eigenvalue weighted by Crippen LogP contribution is 2.22. The largest absolute Gasteiger partial charge is 0.352 e. The number of hydrogen-bond acceptors (Lipinski definition) is 3. The van der Waals surface area contributed by atoms with Crippen LogP contribution >= 0.6 is 11.6 Å². The maximum absolute atomic E-state index is 12.3. The van der Waals surface area contributed by atoms with Crippen LogP contribution < -0.4 is 10.6 Å². The van der Waals surface area contributed by atoms with Crippen molar-refractivity contribution in [3.63, 3.8) is 0 Å². The molecule has 1 heterocycles. The van der Waals surface area contributed by atoms with E-state index in [0.717, 1.165) is 5.69 Å². The molecule has 0 fully saturated rings. The molecule has 0 spiro atoms. The standard InChI is InChI=1S/C17H18ClN3O2/c1-4-19-16(22)14-8-6-12(9-15(14)18)21-17(23)13-7-5-10(2)20-11(13)3/h5-9H,4H2,1-3H3,(H,19,22)(H,21,23). The van der Waals surface area contributed by atoms with Crippen LogP contribution in [0.3, 0.4) is 0 Å². The Kier molecular flexibility index (Phi) is 5.34. The van der Waals surface area contributed by atoms with Gasteiger partial charge in [0.1, 0.15) is 0 Å². The molecule has 5 nitrogen and oxygen atoms in total. The van der Waals surface area contributed by atoms with E-state index in [-0.39, 0.29) is 16.8 Å². The van der Waals surface area contributed by atoms with E-state index in [1.807, 2.05) is 13.8 Å². The van der Waals surface area contributed by atoms with Crippen LogP contribution in [0.4, 0.5) is 5.69 Å². The number of aromatic nitrogens is 1. The van der Waals surface area contributed by atoms with Gasteiger partial charge >= 0.3 is 0 Å². The minimum absolute atomic E-state index is 0.242. The van der Waals surface area contributed by atoms with Crippen molar-refractivity contribution in [2.45, 2.75) is 20.8 Å². The minimum atomic E-state index is -0.267. The Morgan fingerprint density at radius 2 is 1.78 bits per heavy atom. The molecule has 0 aliphatic heterocycles. The minimum Gasteiger partial charge on any atom is -0.352 e. The first-order valence-corrected chi connectivity index (χ1v) is 7.63. The fourth-order valence-electron chi connectivity index (χ4n) is 2.16. The Balaban J connectivity index is 2.18. The maximum atomic E-state index is 12.3. The number of nitrogens with one attached hydrogen (secondary N) is 2. The molecular weight excluding hydrogens is 314 g/mol. The lowest BCUT2D eigenvalue weighted by molar-refractivity contribution is 0.0955. The van der Waals surface area contributed by atoms with E-state index in [1.54, 1.807) is 37.3 Å². The lowest BCUT2D eigenvalue weighted by atomic mass is 10.1. The molecule has 2 N–H and O–H groups in total. The van der Waals surface area contributed by atoms with Gasteiger partial charge in [0.05, 0.1) is 21.8 Å². The highest BCUT2D eigenvalue weighted by atomic mass is 35.5. The number of halogens is 1. The van der Waals surface area contributed by atoms with Crippen molar-refractivity contribution in [2.75, 3.05) is 11.9 Å². The van der Waals surface area contributed by atoms with E-state index in [2.05, 4.69) is 15.6 Å². The summed E-state index contributed by atoms with van der Waals surface area (Å²) in [5.74, 6) is -0.509. The molecular formula is C17H18ClN3O2. The van der Waals surface area contributed by atoms with Gasteiger partial charge in [-0.2, -0.15) is 0 Å². The van der Waals surface area contributed by atoms with Crippen LogP contribution in [0.25, 0.3) is 0 Å². The molecule has 6 heteroatoms.